The van der Waals surface area contributed by atoms with Crippen LogP contribution >= 0.6 is 0 Å². The molecule has 0 spiro atoms. The van der Waals surface area contributed by atoms with Crippen molar-refractivity contribution in [1.82, 2.24) is 10.6 Å². The molecule has 0 atom stereocenters. The van der Waals surface area contributed by atoms with E-state index in [1.807, 2.05) is 20.8 Å². The van der Waals surface area contributed by atoms with Gasteiger partial charge in [-0.25, -0.2) is 0 Å². The van der Waals surface area contributed by atoms with Gasteiger partial charge >= 0.3 is 0 Å². The Morgan fingerprint density at radius 2 is 2.00 bits per heavy atom. The van der Waals surface area contributed by atoms with Gasteiger partial charge in [0.15, 0.2) is 0 Å². The molecule has 0 bridgehead atoms. The number of nitrogens with one attached hydrogen (secondary N) is 3. The lowest BCUT2D eigenvalue weighted by Crippen LogP contribution is -2.40. The van der Waals surface area contributed by atoms with Crippen molar-refractivity contribution in [3.63, 3.8) is 0 Å². The molecule has 5 nitrogen and oxygen atoms in total. The lowest BCUT2D eigenvalue weighted by atomic mass is 10.1. The van der Waals surface area contributed by atoms with Crippen LogP contribution in [-0.4, -0.2) is 30.4 Å². The van der Waals surface area contributed by atoms with Crippen molar-refractivity contribution in [3.8, 4) is 0 Å². The van der Waals surface area contributed by atoms with E-state index in [1.54, 1.807) is 30.3 Å². The number of carbonyl (C=O) groups excluding carboxylic acids is 2. The molecule has 0 saturated heterocycles. The van der Waals surface area contributed by atoms with E-state index in [9.17, 15) is 9.59 Å². The first-order valence-corrected chi connectivity index (χ1v) is 6.86. The molecule has 114 valence electrons. The Labute approximate surface area is 125 Å². The number of amides is 2. The Kier molecular flexibility index (Phi) is 6.11. The Morgan fingerprint density at radius 3 is 2.62 bits per heavy atom. The highest BCUT2D eigenvalue weighted by Crippen LogP contribution is 2.12. The third kappa shape index (κ3) is 6.72. The molecule has 0 heterocycles. The fraction of sp³-hybridized carbons (Fsp3) is 0.375. The van der Waals surface area contributed by atoms with E-state index in [2.05, 4.69) is 22.5 Å². The maximum Gasteiger partial charge on any atom is 0.251 e. The quantitative estimate of drug-likeness (QED) is 0.553. The zero-order chi connectivity index (χ0) is 15.9. The summed E-state index contributed by atoms with van der Waals surface area (Å²) in [7, 11) is 0. The monoisotopic (exact) mass is 289 g/mol. The normalized spacial score (nSPS) is 10.8. The second-order valence-electron chi connectivity index (χ2n) is 5.75. The SMILES string of the molecule is C=CCNCC(=O)Nc1cccc(C(=O)NC(C)(C)C)c1. The third-order valence-corrected chi connectivity index (χ3v) is 2.47. The molecule has 1 aromatic rings. The zero-order valence-electron chi connectivity index (χ0n) is 12.8. The third-order valence-electron chi connectivity index (χ3n) is 2.47. The summed E-state index contributed by atoms with van der Waals surface area (Å²) in [6.45, 7) is 10.1. The minimum absolute atomic E-state index is 0.162. The van der Waals surface area contributed by atoms with Crippen LogP contribution in [0.4, 0.5) is 5.69 Å². The molecular formula is C16H23N3O2. The van der Waals surface area contributed by atoms with Gasteiger partial charge in [0, 0.05) is 23.3 Å². The minimum atomic E-state index is -0.301. The van der Waals surface area contributed by atoms with Gasteiger partial charge in [-0.05, 0) is 39.0 Å². The first kappa shape index (κ1) is 16.9. The van der Waals surface area contributed by atoms with E-state index >= 15 is 0 Å². The smallest absolute Gasteiger partial charge is 0.251 e. The Balaban J connectivity index is 2.66. The van der Waals surface area contributed by atoms with Gasteiger partial charge < -0.3 is 16.0 Å². The van der Waals surface area contributed by atoms with Gasteiger partial charge in [-0.15, -0.1) is 6.58 Å². The second-order valence-corrected chi connectivity index (χ2v) is 5.75. The van der Waals surface area contributed by atoms with Gasteiger partial charge in [0.1, 0.15) is 0 Å². The molecule has 5 heteroatoms. The van der Waals surface area contributed by atoms with Gasteiger partial charge in [-0.2, -0.15) is 0 Å². The largest absolute Gasteiger partial charge is 0.347 e. The van der Waals surface area contributed by atoms with E-state index in [0.717, 1.165) is 0 Å². The van der Waals surface area contributed by atoms with Gasteiger partial charge in [0.2, 0.25) is 5.91 Å². The van der Waals surface area contributed by atoms with E-state index in [4.69, 9.17) is 0 Å². The molecule has 3 N–H and O–H groups in total. The molecule has 0 aromatic heterocycles. The zero-order valence-corrected chi connectivity index (χ0v) is 12.8. The molecule has 1 rings (SSSR count). The van der Waals surface area contributed by atoms with Gasteiger partial charge in [-0.3, -0.25) is 9.59 Å². The lowest BCUT2D eigenvalue weighted by Gasteiger charge is -2.20. The number of carbonyl (C=O) groups is 2. The standard InChI is InChI=1S/C16H23N3O2/c1-5-9-17-11-14(20)18-13-8-6-7-12(10-13)15(21)19-16(2,3)4/h5-8,10,17H,1,9,11H2,2-4H3,(H,18,20)(H,19,21). The molecule has 0 fully saturated rings. The lowest BCUT2D eigenvalue weighted by molar-refractivity contribution is -0.115. The number of hydrogen-bond acceptors (Lipinski definition) is 3. The van der Waals surface area contributed by atoms with Gasteiger partial charge in [0.05, 0.1) is 6.54 Å². The first-order chi connectivity index (χ1) is 9.81. The van der Waals surface area contributed by atoms with E-state index < -0.39 is 0 Å². The van der Waals surface area contributed by atoms with Gasteiger partial charge in [-0.1, -0.05) is 12.1 Å². The molecule has 0 aliphatic heterocycles. The highest BCUT2D eigenvalue weighted by atomic mass is 16.2. The molecule has 0 aliphatic rings. The van der Waals surface area contributed by atoms with Crippen LogP contribution in [0.15, 0.2) is 36.9 Å². The summed E-state index contributed by atoms with van der Waals surface area (Å²) in [5, 5.41) is 8.54. The van der Waals surface area contributed by atoms with E-state index in [1.165, 1.54) is 0 Å². The fourth-order valence-corrected chi connectivity index (χ4v) is 1.64. The predicted octanol–water partition coefficient (Wildman–Crippen LogP) is 1.93. The minimum Gasteiger partial charge on any atom is -0.347 e. The summed E-state index contributed by atoms with van der Waals surface area (Å²) in [6.07, 6.45) is 1.69. The molecule has 2 amide bonds. The topological polar surface area (TPSA) is 70.2 Å². The van der Waals surface area contributed by atoms with Gasteiger partial charge in [0.25, 0.3) is 5.91 Å². The Hall–Kier alpha value is -2.14. The number of benzene rings is 1. The second kappa shape index (κ2) is 7.59. The summed E-state index contributed by atoms with van der Waals surface area (Å²) in [4.78, 5) is 23.8. The molecule has 0 radical (unpaired) electrons. The summed E-state index contributed by atoms with van der Waals surface area (Å²) in [5.41, 5.74) is 0.814. The van der Waals surface area contributed by atoms with Crippen molar-refractivity contribution in [2.24, 2.45) is 0 Å². The number of rotatable bonds is 6. The van der Waals surface area contributed by atoms with Crippen LogP contribution in [0.3, 0.4) is 0 Å². The van der Waals surface area contributed by atoms with Crippen LogP contribution in [-0.2, 0) is 4.79 Å². The van der Waals surface area contributed by atoms with Crippen LogP contribution in [0.1, 0.15) is 31.1 Å². The van der Waals surface area contributed by atoms with Crippen LogP contribution < -0.4 is 16.0 Å². The van der Waals surface area contributed by atoms with Crippen molar-refractivity contribution in [2.45, 2.75) is 26.3 Å². The van der Waals surface area contributed by atoms with E-state index in [-0.39, 0.29) is 23.9 Å². The van der Waals surface area contributed by atoms with Crippen molar-refractivity contribution in [1.29, 1.82) is 0 Å². The average molecular weight is 289 g/mol. The summed E-state index contributed by atoms with van der Waals surface area (Å²) in [5.74, 6) is -0.325. The van der Waals surface area contributed by atoms with Crippen LogP contribution in [0.25, 0.3) is 0 Å². The molecule has 0 saturated carbocycles. The Bertz CT molecular complexity index is 518. The number of anilines is 1. The van der Waals surface area contributed by atoms with Crippen molar-refractivity contribution in [2.75, 3.05) is 18.4 Å². The average Bonchev–Trinajstić information content (AvgIpc) is 2.37. The molecule has 0 unspecified atom stereocenters. The van der Waals surface area contributed by atoms with Crippen LogP contribution in [0, 0.1) is 0 Å². The fourth-order valence-electron chi connectivity index (χ4n) is 1.64. The maximum absolute atomic E-state index is 12.1. The molecule has 0 aliphatic carbocycles. The van der Waals surface area contributed by atoms with Crippen molar-refractivity contribution >= 4 is 17.5 Å². The Morgan fingerprint density at radius 1 is 1.29 bits per heavy atom. The van der Waals surface area contributed by atoms with Crippen molar-refractivity contribution < 1.29 is 9.59 Å². The summed E-state index contributed by atoms with van der Waals surface area (Å²) < 4.78 is 0. The highest BCUT2D eigenvalue weighted by Gasteiger charge is 2.15. The van der Waals surface area contributed by atoms with Crippen LogP contribution in [0.5, 0.6) is 0 Å². The predicted molar refractivity (Wildman–Crippen MR) is 85.4 cm³/mol. The first-order valence-electron chi connectivity index (χ1n) is 6.86. The van der Waals surface area contributed by atoms with Crippen LogP contribution in [0.2, 0.25) is 0 Å². The van der Waals surface area contributed by atoms with Crippen molar-refractivity contribution in [3.05, 3.63) is 42.5 Å². The van der Waals surface area contributed by atoms with E-state index in [0.29, 0.717) is 17.8 Å². The maximum atomic E-state index is 12.1. The molecule has 21 heavy (non-hydrogen) atoms. The molecular weight excluding hydrogens is 266 g/mol. The summed E-state index contributed by atoms with van der Waals surface area (Å²) >= 11 is 0. The molecule has 1 aromatic carbocycles. The highest BCUT2D eigenvalue weighted by molar-refractivity contribution is 5.97. The summed E-state index contributed by atoms with van der Waals surface area (Å²) in [6, 6.07) is 6.86. The number of hydrogen-bond donors (Lipinski definition) is 3.